The molecule has 0 saturated carbocycles. The zero-order valence-corrected chi connectivity index (χ0v) is 16.2. The van der Waals surface area contributed by atoms with Crippen molar-refractivity contribution in [2.75, 3.05) is 6.61 Å². The molecular formula is C25H24F2O. The Hall–Kier alpha value is -2.94. The molecule has 0 aliphatic carbocycles. The Morgan fingerprint density at radius 2 is 1.68 bits per heavy atom. The van der Waals surface area contributed by atoms with E-state index in [1.807, 2.05) is 37.3 Å². The summed E-state index contributed by atoms with van der Waals surface area (Å²) >= 11 is 0. The van der Waals surface area contributed by atoms with E-state index in [1.165, 1.54) is 17.7 Å². The molecule has 1 nitrogen and oxygen atoms in total. The molecule has 0 heterocycles. The first kappa shape index (κ1) is 19.8. The smallest absolute Gasteiger partial charge is 0.134 e. The molecule has 0 saturated heterocycles. The predicted octanol–water partition coefficient (Wildman–Crippen LogP) is 6.88. The largest absolute Gasteiger partial charge is 0.494 e. The molecule has 1 unspecified atom stereocenters. The van der Waals surface area contributed by atoms with Crippen LogP contribution in [0, 0.1) is 11.6 Å². The van der Waals surface area contributed by atoms with E-state index in [1.54, 1.807) is 24.3 Å². The second-order valence-electron chi connectivity index (χ2n) is 6.82. The monoisotopic (exact) mass is 378 g/mol. The number of hydrogen-bond acceptors (Lipinski definition) is 1. The molecule has 0 bridgehead atoms. The van der Waals surface area contributed by atoms with Crippen molar-refractivity contribution < 1.29 is 13.5 Å². The van der Waals surface area contributed by atoms with Crippen LogP contribution in [-0.4, -0.2) is 6.61 Å². The van der Waals surface area contributed by atoms with Crippen molar-refractivity contribution >= 4 is 12.2 Å². The Morgan fingerprint density at radius 3 is 2.36 bits per heavy atom. The standard InChI is InChI=1S/C25H24F2O/c1-3-28-23-14-13-21(25(27)17-23)11-9-19-10-12-22(24(26)16-19)15-18(2)20-7-5-4-6-8-20/h4-14,16-18H,3,15H2,1-2H3/b11-9+. The molecule has 0 radical (unpaired) electrons. The van der Waals surface area contributed by atoms with Gasteiger partial charge in [-0.1, -0.05) is 61.5 Å². The zero-order chi connectivity index (χ0) is 19.9. The Kier molecular flexibility index (Phi) is 6.59. The quantitative estimate of drug-likeness (QED) is 0.407. The molecule has 0 aliphatic rings. The van der Waals surface area contributed by atoms with Gasteiger partial charge in [-0.25, -0.2) is 8.78 Å². The van der Waals surface area contributed by atoms with E-state index in [2.05, 4.69) is 19.1 Å². The lowest BCUT2D eigenvalue weighted by Crippen LogP contribution is -2.00. The van der Waals surface area contributed by atoms with Gasteiger partial charge in [0.2, 0.25) is 0 Å². The molecule has 0 N–H and O–H groups in total. The number of ether oxygens (including phenoxy) is 1. The summed E-state index contributed by atoms with van der Waals surface area (Å²) in [5, 5.41) is 0. The van der Waals surface area contributed by atoms with Gasteiger partial charge in [0.15, 0.2) is 0 Å². The third-order valence-electron chi connectivity index (χ3n) is 4.71. The van der Waals surface area contributed by atoms with Gasteiger partial charge in [0, 0.05) is 11.6 Å². The third-order valence-corrected chi connectivity index (χ3v) is 4.71. The molecule has 144 valence electrons. The molecule has 3 rings (SSSR count). The van der Waals surface area contributed by atoms with Gasteiger partial charge >= 0.3 is 0 Å². The van der Waals surface area contributed by atoms with E-state index in [9.17, 15) is 8.78 Å². The van der Waals surface area contributed by atoms with E-state index in [0.29, 0.717) is 35.5 Å². The van der Waals surface area contributed by atoms with Crippen molar-refractivity contribution in [2.24, 2.45) is 0 Å². The topological polar surface area (TPSA) is 9.23 Å². The Balaban J connectivity index is 1.71. The van der Waals surface area contributed by atoms with Crippen LogP contribution in [0.5, 0.6) is 5.75 Å². The van der Waals surface area contributed by atoms with Crippen molar-refractivity contribution in [3.05, 3.63) is 101 Å². The average Bonchev–Trinajstić information content (AvgIpc) is 2.70. The second-order valence-corrected chi connectivity index (χ2v) is 6.82. The minimum Gasteiger partial charge on any atom is -0.494 e. The van der Waals surface area contributed by atoms with Gasteiger partial charge in [-0.2, -0.15) is 0 Å². The van der Waals surface area contributed by atoms with Crippen LogP contribution >= 0.6 is 0 Å². The molecule has 28 heavy (non-hydrogen) atoms. The first-order valence-electron chi connectivity index (χ1n) is 9.50. The normalized spacial score (nSPS) is 12.3. The maximum atomic E-state index is 14.5. The number of hydrogen-bond donors (Lipinski definition) is 0. The highest BCUT2D eigenvalue weighted by atomic mass is 19.1. The Labute approximate surface area is 165 Å². The van der Waals surface area contributed by atoms with E-state index in [4.69, 9.17) is 4.74 Å². The van der Waals surface area contributed by atoms with Crippen molar-refractivity contribution in [1.82, 2.24) is 0 Å². The molecule has 0 fully saturated rings. The lowest BCUT2D eigenvalue weighted by molar-refractivity contribution is 0.338. The van der Waals surface area contributed by atoms with Gasteiger partial charge in [-0.05, 0) is 54.2 Å². The molecule has 0 amide bonds. The SMILES string of the molecule is CCOc1ccc(/C=C/c2ccc(CC(C)c3ccccc3)c(F)c2)c(F)c1. The number of benzene rings is 3. The van der Waals surface area contributed by atoms with Crippen molar-refractivity contribution in [1.29, 1.82) is 0 Å². The fraction of sp³-hybridized carbons (Fsp3) is 0.200. The van der Waals surface area contributed by atoms with Gasteiger partial charge < -0.3 is 4.74 Å². The van der Waals surface area contributed by atoms with Gasteiger partial charge in [0.1, 0.15) is 17.4 Å². The van der Waals surface area contributed by atoms with Crippen LogP contribution in [0.25, 0.3) is 12.2 Å². The molecule has 3 heteroatoms. The van der Waals surface area contributed by atoms with Gasteiger partial charge in [0.25, 0.3) is 0 Å². The molecule has 3 aromatic rings. The van der Waals surface area contributed by atoms with E-state index in [-0.39, 0.29) is 17.6 Å². The highest BCUT2D eigenvalue weighted by Crippen LogP contribution is 2.23. The number of halogens is 2. The van der Waals surface area contributed by atoms with E-state index in [0.717, 1.165) is 0 Å². The van der Waals surface area contributed by atoms with Crippen molar-refractivity contribution in [2.45, 2.75) is 26.2 Å². The molecule has 0 aromatic heterocycles. The molecular weight excluding hydrogens is 354 g/mol. The van der Waals surface area contributed by atoms with Crippen LogP contribution in [0.2, 0.25) is 0 Å². The highest BCUT2D eigenvalue weighted by Gasteiger charge is 2.10. The zero-order valence-electron chi connectivity index (χ0n) is 16.2. The second kappa shape index (κ2) is 9.32. The van der Waals surface area contributed by atoms with Crippen molar-refractivity contribution in [3.8, 4) is 5.75 Å². The van der Waals surface area contributed by atoms with Gasteiger partial charge in [-0.3, -0.25) is 0 Å². The summed E-state index contributed by atoms with van der Waals surface area (Å²) < 4.78 is 33.9. The minimum atomic E-state index is -0.365. The third kappa shape index (κ3) is 5.07. The first-order chi connectivity index (χ1) is 13.6. The van der Waals surface area contributed by atoms with Crippen LogP contribution in [0.1, 0.15) is 42.0 Å². The van der Waals surface area contributed by atoms with Gasteiger partial charge in [0.05, 0.1) is 6.61 Å². The molecule has 1 atom stereocenters. The minimum absolute atomic E-state index is 0.232. The fourth-order valence-electron chi connectivity index (χ4n) is 3.15. The van der Waals surface area contributed by atoms with Crippen LogP contribution < -0.4 is 4.74 Å². The Morgan fingerprint density at radius 1 is 0.893 bits per heavy atom. The summed E-state index contributed by atoms with van der Waals surface area (Å²) in [5.74, 6) is 0.128. The lowest BCUT2D eigenvalue weighted by atomic mass is 9.93. The highest BCUT2D eigenvalue weighted by molar-refractivity contribution is 5.70. The first-order valence-corrected chi connectivity index (χ1v) is 9.50. The van der Waals surface area contributed by atoms with Crippen molar-refractivity contribution in [3.63, 3.8) is 0 Å². The fourth-order valence-corrected chi connectivity index (χ4v) is 3.15. The summed E-state index contributed by atoms with van der Waals surface area (Å²) in [6, 6.07) is 20.0. The molecule has 0 spiro atoms. The molecule has 0 aliphatic heterocycles. The van der Waals surface area contributed by atoms with Crippen LogP contribution in [0.3, 0.4) is 0 Å². The number of rotatable bonds is 7. The summed E-state index contributed by atoms with van der Waals surface area (Å²) in [4.78, 5) is 0. The molecule has 3 aromatic carbocycles. The van der Waals surface area contributed by atoms with E-state index >= 15 is 0 Å². The van der Waals surface area contributed by atoms with Crippen LogP contribution in [0.15, 0.2) is 66.7 Å². The lowest BCUT2D eigenvalue weighted by Gasteiger charge is -2.13. The van der Waals surface area contributed by atoms with Crippen LogP contribution in [-0.2, 0) is 6.42 Å². The maximum absolute atomic E-state index is 14.5. The summed E-state index contributed by atoms with van der Waals surface area (Å²) in [6.07, 6.45) is 3.99. The summed E-state index contributed by atoms with van der Waals surface area (Å²) in [5.41, 5.74) is 3.00. The maximum Gasteiger partial charge on any atom is 0.134 e. The van der Waals surface area contributed by atoms with Crippen LogP contribution in [0.4, 0.5) is 8.78 Å². The summed E-state index contributed by atoms with van der Waals surface area (Å²) in [6.45, 7) is 4.44. The predicted molar refractivity (Wildman–Crippen MR) is 111 cm³/mol. The Bertz CT molecular complexity index is 948. The summed E-state index contributed by atoms with van der Waals surface area (Å²) in [7, 11) is 0. The average molecular weight is 378 g/mol. The van der Waals surface area contributed by atoms with Gasteiger partial charge in [-0.15, -0.1) is 0 Å². The van der Waals surface area contributed by atoms with E-state index < -0.39 is 0 Å².